The van der Waals surface area contributed by atoms with Gasteiger partial charge in [-0.05, 0) is 35.7 Å². The van der Waals surface area contributed by atoms with Gasteiger partial charge >= 0.3 is 5.97 Å². The van der Waals surface area contributed by atoms with Crippen LogP contribution in [0.3, 0.4) is 0 Å². The molecule has 0 aliphatic rings. The Morgan fingerprint density at radius 2 is 1.62 bits per heavy atom. The van der Waals surface area contributed by atoms with Crippen molar-refractivity contribution in [3.05, 3.63) is 48.0 Å². The third kappa shape index (κ3) is 5.69. The lowest BCUT2D eigenvalue weighted by Gasteiger charge is -2.06. The number of amides is 1. The summed E-state index contributed by atoms with van der Waals surface area (Å²) in [5.41, 5.74) is 0.701. The van der Waals surface area contributed by atoms with E-state index in [9.17, 15) is 9.59 Å². The van der Waals surface area contributed by atoms with E-state index in [0.717, 1.165) is 42.9 Å². The molecule has 0 aliphatic heterocycles. The average molecular weight is 327 g/mol. The van der Waals surface area contributed by atoms with E-state index in [1.165, 1.54) is 7.11 Å². The Bertz CT molecular complexity index is 681. The van der Waals surface area contributed by atoms with E-state index in [0.29, 0.717) is 18.5 Å². The summed E-state index contributed by atoms with van der Waals surface area (Å²) in [5, 5.41) is 5.19. The predicted octanol–water partition coefficient (Wildman–Crippen LogP) is 4.08. The maximum Gasteiger partial charge on any atom is 0.305 e. The number of nitrogens with one attached hydrogen (secondary N) is 1. The highest BCUT2D eigenvalue weighted by atomic mass is 16.5. The molecule has 1 amide bonds. The first-order valence-electron chi connectivity index (χ1n) is 8.54. The van der Waals surface area contributed by atoms with Gasteiger partial charge in [0.05, 0.1) is 7.11 Å². The molecular weight excluding hydrogens is 302 g/mol. The van der Waals surface area contributed by atoms with E-state index < -0.39 is 0 Å². The number of esters is 1. The zero-order chi connectivity index (χ0) is 17.2. The number of hydrogen-bond acceptors (Lipinski definition) is 3. The molecule has 2 aromatic carbocycles. The number of benzene rings is 2. The van der Waals surface area contributed by atoms with Crippen molar-refractivity contribution in [1.82, 2.24) is 5.32 Å². The largest absolute Gasteiger partial charge is 0.469 e. The third-order valence-electron chi connectivity index (χ3n) is 4.08. The van der Waals surface area contributed by atoms with Crippen LogP contribution >= 0.6 is 0 Å². The van der Waals surface area contributed by atoms with Gasteiger partial charge in [0.15, 0.2) is 0 Å². The fraction of sp³-hybridized carbons (Fsp3) is 0.400. The molecule has 24 heavy (non-hydrogen) atoms. The highest BCUT2D eigenvalue weighted by Gasteiger charge is 2.05. The highest BCUT2D eigenvalue weighted by Crippen LogP contribution is 2.15. The Morgan fingerprint density at radius 3 is 2.42 bits per heavy atom. The number of fused-ring (bicyclic) bond motifs is 1. The molecule has 2 rings (SSSR count). The van der Waals surface area contributed by atoms with E-state index in [1.807, 2.05) is 42.5 Å². The fourth-order valence-electron chi connectivity index (χ4n) is 2.66. The molecule has 2 aromatic rings. The van der Waals surface area contributed by atoms with Crippen LogP contribution in [-0.2, 0) is 9.53 Å². The van der Waals surface area contributed by atoms with Crippen LogP contribution < -0.4 is 5.32 Å². The molecule has 0 radical (unpaired) electrons. The molecule has 0 spiro atoms. The van der Waals surface area contributed by atoms with Crippen molar-refractivity contribution < 1.29 is 14.3 Å². The number of unbranched alkanes of at least 4 members (excludes halogenated alkanes) is 4. The van der Waals surface area contributed by atoms with Crippen LogP contribution in [0.15, 0.2) is 42.5 Å². The first-order valence-corrected chi connectivity index (χ1v) is 8.54. The lowest BCUT2D eigenvalue weighted by Crippen LogP contribution is -2.24. The van der Waals surface area contributed by atoms with Crippen molar-refractivity contribution in [3.63, 3.8) is 0 Å². The monoisotopic (exact) mass is 327 g/mol. The summed E-state index contributed by atoms with van der Waals surface area (Å²) in [7, 11) is 1.42. The minimum absolute atomic E-state index is 0.0218. The molecule has 0 aromatic heterocycles. The fourth-order valence-corrected chi connectivity index (χ4v) is 2.66. The second-order valence-corrected chi connectivity index (χ2v) is 5.91. The molecule has 0 unspecified atom stereocenters. The van der Waals surface area contributed by atoms with Crippen molar-refractivity contribution in [2.75, 3.05) is 13.7 Å². The van der Waals surface area contributed by atoms with E-state index in [2.05, 4.69) is 10.1 Å². The molecule has 0 aliphatic carbocycles. The SMILES string of the molecule is COC(=O)CCCCCCCNC(=O)c1ccc2ccccc2c1. The van der Waals surface area contributed by atoms with Crippen molar-refractivity contribution in [2.24, 2.45) is 0 Å². The van der Waals surface area contributed by atoms with E-state index in [4.69, 9.17) is 0 Å². The summed E-state index contributed by atoms with van der Waals surface area (Å²) in [4.78, 5) is 23.1. The third-order valence-corrected chi connectivity index (χ3v) is 4.08. The van der Waals surface area contributed by atoms with Gasteiger partial charge in [0.25, 0.3) is 5.91 Å². The van der Waals surface area contributed by atoms with Crippen molar-refractivity contribution in [3.8, 4) is 0 Å². The number of ether oxygens (including phenoxy) is 1. The topological polar surface area (TPSA) is 55.4 Å². The predicted molar refractivity (Wildman–Crippen MR) is 96.0 cm³/mol. The van der Waals surface area contributed by atoms with Gasteiger partial charge in [0.1, 0.15) is 0 Å². The molecule has 4 heteroatoms. The number of methoxy groups -OCH3 is 1. The summed E-state index contributed by atoms with van der Waals surface area (Å²) in [6.45, 7) is 0.683. The molecule has 0 saturated heterocycles. The molecule has 0 fully saturated rings. The molecule has 128 valence electrons. The van der Waals surface area contributed by atoms with E-state index in [-0.39, 0.29) is 11.9 Å². The van der Waals surface area contributed by atoms with Crippen LogP contribution in [0.2, 0.25) is 0 Å². The van der Waals surface area contributed by atoms with Crippen LogP contribution in [0.1, 0.15) is 48.9 Å². The maximum atomic E-state index is 12.2. The van der Waals surface area contributed by atoms with Gasteiger partial charge in [-0.15, -0.1) is 0 Å². The lowest BCUT2D eigenvalue weighted by atomic mass is 10.1. The zero-order valence-electron chi connectivity index (χ0n) is 14.2. The van der Waals surface area contributed by atoms with Crippen molar-refractivity contribution in [1.29, 1.82) is 0 Å². The Labute approximate surface area is 143 Å². The van der Waals surface area contributed by atoms with Crippen LogP contribution in [-0.4, -0.2) is 25.5 Å². The number of rotatable bonds is 9. The molecule has 0 heterocycles. The number of carbonyl (C=O) groups is 2. The lowest BCUT2D eigenvalue weighted by molar-refractivity contribution is -0.140. The molecule has 0 saturated carbocycles. The molecular formula is C20H25NO3. The second-order valence-electron chi connectivity index (χ2n) is 5.91. The van der Waals surface area contributed by atoms with Gasteiger partial charge in [0, 0.05) is 18.5 Å². The van der Waals surface area contributed by atoms with Gasteiger partial charge in [-0.25, -0.2) is 0 Å². The molecule has 4 nitrogen and oxygen atoms in total. The molecule has 0 atom stereocenters. The Morgan fingerprint density at radius 1 is 0.917 bits per heavy atom. The minimum Gasteiger partial charge on any atom is -0.469 e. The summed E-state index contributed by atoms with van der Waals surface area (Å²) < 4.78 is 4.60. The van der Waals surface area contributed by atoms with Gasteiger partial charge in [-0.1, -0.05) is 49.6 Å². The van der Waals surface area contributed by atoms with Crippen LogP contribution in [0.5, 0.6) is 0 Å². The Kier molecular flexibility index (Phi) is 7.27. The van der Waals surface area contributed by atoms with E-state index >= 15 is 0 Å². The summed E-state index contributed by atoms with van der Waals surface area (Å²) >= 11 is 0. The summed E-state index contributed by atoms with van der Waals surface area (Å²) in [5.74, 6) is -0.163. The quantitative estimate of drug-likeness (QED) is 0.557. The first kappa shape index (κ1) is 18.0. The van der Waals surface area contributed by atoms with Crippen LogP contribution in [0, 0.1) is 0 Å². The van der Waals surface area contributed by atoms with Gasteiger partial charge < -0.3 is 10.1 Å². The van der Waals surface area contributed by atoms with Crippen molar-refractivity contribution >= 4 is 22.6 Å². The van der Waals surface area contributed by atoms with Crippen LogP contribution in [0.4, 0.5) is 0 Å². The first-order chi connectivity index (χ1) is 11.7. The average Bonchev–Trinajstić information content (AvgIpc) is 2.62. The smallest absolute Gasteiger partial charge is 0.305 e. The second kappa shape index (κ2) is 9.71. The minimum atomic E-state index is -0.141. The Balaban J connectivity index is 1.63. The van der Waals surface area contributed by atoms with Gasteiger partial charge in [-0.3, -0.25) is 9.59 Å². The van der Waals surface area contributed by atoms with Gasteiger partial charge in [0.2, 0.25) is 0 Å². The van der Waals surface area contributed by atoms with Crippen molar-refractivity contribution in [2.45, 2.75) is 38.5 Å². The van der Waals surface area contributed by atoms with Crippen LogP contribution in [0.25, 0.3) is 10.8 Å². The van der Waals surface area contributed by atoms with E-state index in [1.54, 1.807) is 0 Å². The highest BCUT2D eigenvalue weighted by molar-refractivity contribution is 5.98. The summed E-state index contributed by atoms with van der Waals surface area (Å²) in [6, 6.07) is 13.8. The number of hydrogen-bond donors (Lipinski definition) is 1. The summed E-state index contributed by atoms with van der Waals surface area (Å²) in [6.07, 6.45) is 5.47. The maximum absolute atomic E-state index is 12.2. The Hall–Kier alpha value is -2.36. The molecule has 0 bridgehead atoms. The normalized spacial score (nSPS) is 10.5. The zero-order valence-corrected chi connectivity index (χ0v) is 14.2. The van der Waals surface area contributed by atoms with Gasteiger partial charge in [-0.2, -0.15) is 0 Å². The molecule has 1 N–H and O–H groups in total. The number of carbonyl (C=O) groups excluding carboxylic acids is 2. The standard InChI is InChI=1S/C20H25NO3/c1-24-19(22)11-5-3-2-4-8-14-21-20(23)18-13-12-16-9-6-7-10-17(16)15-18/h6-7,9-10,12-13,15H,2-5,8,11,14H2,1H3,(H,21,23).